The largest absolute Gasteiger partial charge is 0.364 e. The molecule has 1 amide bonds. The summed E-state index contributed by atoms with van der Waals surface area (Å²) in [6, 6.07) is 0. The van der Waals surface area contributed by atoms with Crippen molar-refractivity contribution in [3.05, 3.63) is 16.1 Å². The second-order valence-electron chi connectivity index (χ2n) is 7.23. The molecule has 2 saturated heterocycles. The van der Waals surface area contributed by atoms with E-state index in [4.69, 9.17) is 4.74 Å². The van der Waals surface area contributed by atoms with E-state index in [0.717, 1.165) is 55.6 Å². The van der Waals surface area contributed by atoms with Crippen LogP contribution in [-0.2, 0) is 16.1 Å². The molecule has 0 aromatic carbocycles. The minimum atomic E-state index is -0.231. The van der Waals surface area contributed by atoms with E-state index in [1.165, 1.54) is 12.8 Å². The smallest absolute Gasteiger partial charge is 0.249 e. The molecule has 1 aromatic rings. The molecule has 1 aliphatic carbocycles. The normalized spacial score (nSPS) is 31.1. The van der Waals surface area contributed by atoms with Crippen LogP contribution in [0.2, 0.25) is 0 Å². The van der Waals surface area contributed by atoms with Gasteiger partial charge in [-0.15, -0.1) is 11.3 Å². The third-order valence-corrected chi connectivity index (χ3v) is 6.06. The number of rotatable bonds is 5. The van der Waals surface area contributed by atoms with Crippen molar-refractivity contribution >= 4 is 17.2 Å². The molecule has 0 radical (unpaired) electrons. The van der Waals surface area contributed by atoms with E-state index in [2.05, 4.69) is 20.6 Å². The molecule has 0 unspecified atom stereocenters. The van der Waals surface area contributed by atoms with Gasteiger partial charge in [0.1, 0.15) is 6.10 Å². The van der Waals surface area contributed by atoms with Crippen LogP contribution >= 0.6 is 11.3 Å². The van der Waals surface area contributed by atoms with Crippen molar-refractivity contribution in [1.29, 1.82) is 0 Å². The van der Waals surface area contributed by atoms with Crippen LogP contribution in [0.15, 0.2) is 5.38 Å². The minimum Gasteiger partial charge on any atom is -0.364 e. The van der Waals surface area contributed by atoms with Crippen LogP contribution in [0.3, 0.4) is 0 Å². The van der Waals surface area contributed by atoms with E-state index in [1.54, 1.807) is 11.3 Å². The molecule has 3 aliphatic rings. The molecule has 3 atom stereocenters. The van der Waals surface area contributed by atoms with Gasteiger partial charge in [-0.05, 0) is 51.0 Å². The molecular formula is C17H25N3O2S. The molecule has 3 heterocycles. The lowest BCUT2D eigenvalue weighted by Crippen LogP contribution is -2.42. The number of ether oxygens (including phenoxy) is 1. The zero-order chi connectivity index (χ0) is 15.8. The fraction of sp³-hybridized carbons (Fsp3) is 0.765. The molecule has 0 bridgehead atoms. The molecule has 3 fully saturated rings. The fourth-order valence-electron chi connectivity index (χ4n) is 3.70. The second-order valence-corrected chi connectivity index (χ2v) is 8.29. The van der Waals surface area contributed by atoms with Gasteiger partial charge in [-0.3, -0.25) is 9.69 Å². The van der Waals surface area contributed by atoms with Crippen molar-refractivity contribution in [1.82, 2.24) is 15.2 Å². The number of hydrogen-bond donors (Lipinski definition) is 1. The van der Waals surface area contributed by atoms with E-state index < -0.39 is 0 Å². The predicted molar refractivity (Wildman–Crippen MR) is 89.2 cm³/mol. The lowest BCUT2D eigenvalue weighted by Gasteiger charge is -2.33. The Morgan fingerprint density at radius 3 is 3.09 bits per heavy atom. The average molecular weight is 335 g/mol. The molecule has 0 spiro atoms. The fourth-order valence-corrected chi connectivity index (χ4v) is 4.30. The lowest BCUT2D eigenvalue weighted by atomic mass is 9.91. The third kappa shape index (κ3) is 3.75. The van der Waals surface area contributed by atoms with Gasteiger partial charge in [0.05, 0.1) is 16.8 Å². The molecule has 1 N–H and O–H groups in total. The number of nitrogens with zero attached hydrogens (tertiary/aromatic N) is 2. The van der Waals surface area contributed by atoms with Gasteiger partial charge in [-0.1, -0.05) is 0 Å². The lowest BCUT2D eigenvalue weighted by molar-refractivity contribution is -0.132. The van der Waals surface area contributed by atoms with Crippen molar-refractivity contribution in [2.45, 2.75) is 51.4 Å². The number of nitrogens with one attached hydrogen (secondary N) is 1. The van der Waals surface area contributed by atoms with Crippen molar-refractivity contribution < 1.29 is 9.53 Å². The molecular weight excluding hydrogens is 310 g/mol. The van der Waals surface area contributed by atoms with Crippen molar-refractivity contribution in [2.75, 3.05) is 19.6 Å². The van der Waals surface area contributed by atoms with E-state index in [1.807, 2.05) is 6.92 Å². The first-order valence-corrected chi connectivity index (χ1v) is 9.62. The highest BCUT2D eigenvalue weighted by molar-refractivity contribution is 7.09. The van der Waals surface area contributed by atoms with Gasteiger partial charge in [0, 0.05) is 25.0 Å². The number of fused-ring (bicyclic) bond motifs is 1. The first-order chi connectivity index (χ1) is 11.2. The van der Waals surface area contributed by atoms with E-state index >= 15 is 0 Å². The second kappa shape index (κ2) is 6.49. The van der Waals surface area contributed by atoms with E-state index in [0.29, 0.717) is 5.92 Å². The molecule has 5 nitrogen and oxygen atoms in total. The topological polar surface area (TPSA) is 54.5 Å². The minimum absolute atomic E-state index is 0.105. The van der Waals surface area contributed by atoms with Gasteiger partial charge in [-0.25, -0.2) is 4.98 Å². The van der Waals surface area contributed by atoms with Gasteiger partial charge in [0.2, 0.25) is 5.91 Å². The number of aryl methyl sites for hydroxylation is 1. The summed E-state index contributed by atoms with van der Waals surface area (Å²) in [6.07, 6.45) is 4.53. The quantitative estimate of drug-likeness (QED) is 0.894. The van der Waals surface area contributed by atoms with Crippen LogP contribution in [0.1, 0.15) is 36.4 Å². The Labute approximate surface area is 141 Å². The van der Waals surface area contributed by atoms with Crippen molar-refractivity contribution in [2.24, 2.45) is 11.8 Å². The van der Waals surface area contributed by atoms with Crippen LogP contribution in [0.4, 0.5) is 0 Å². The maximum atomic E-state index is 12.2. The maximum absolute atomic E-state index is 12.2. The highest BCUT2D eigenvalue weighted by atomic mass is 32.1. The van der Waals surface area contributed by atoms with Gasteiger partial charge in [-0.2, -0.15) is 0 Å². The van der Waals surface area contributed by atoms with Crippen LogP contribution in [-0.4, -0.2) is 47.6 Å². The molecule has 2 aliphatic heterocycles. The number of hydrogen-bond acceptors (Lipinski definition) is 5. The van der Waals surface area contributed by atoms with Crippen LogP contribution in [0.25, 0.3) is 0 Å². The number of likely N-dealkylation sites (tertiary alicyclic amines) is 1. The summed E-state index contributed by atoms with van der Waals surface area (Å²) >= 11 is 1.71. The van der Waals surface area contributed by atoms with Gasteiger partial charge in [0.15, 0.2) is 0 Å². The van der Waals surface area contributed by atoms with Gasteiger partial charge in [0.25, 0.3) is 0 Å². The highest BCUT2D eigenvalue weighted by Crippen LogP contribution is 2.34. The number of amides is 1. The number of aromatic nitrogens is 1. The third-order valence-electron chi connectivity index (χ3n) is 5.24. The summed E-state index contributed by atoms with van der Waals surface area (Å²) in [4.78, 5) is 19.2. The Bertz CT molecular complexity index is 572. The van der Waals surface area contributed by atoms with E-state index in [-0.39, 0.29) is 18.1 Å². The number of carbonyl (C=O) groups excluding carboxylic acids is 1. The van der Waals surface area contributed by atoms with Gasteiger partial charge >= 0.3 is 0 Å². The summed E-state index contributed by atoms with van der Waals surface area (Å²) in [6.45, 7) is 5.79. The Morgan fingerprint density at radius 2 is 2.35 bits per heavy atom. The summed E-state index contributed by atoms with van der Waals surface area (Å²) in [5.41, 5.74) is 1.16. The van der Waals surface area contributed by atoms with Crippen LogP contribution in [0.5, 0.6) is 0 Å². The zero-order valence-electron chi connectivity index (χ0n) is 13.7. The van der Waals surface area contributed by atoms with E-state index in [9.17, 15) is 4.79 Å². The molecule has 6 heteroatoms. The Morgan fingerprint density at radius 1 is 1.48 bits per heavy atom. The van der Waals surface area contributed by atoms with Gasteiger partial charge < -0.3 is 10.1 Å². The molecule has 1 aromatic heterocycles. The van der Waals surface area contributed by atoms with Crippen molar-refractivity contribution in [3.8, 4) is 0 Å². The zero-order valence-corrected chi connectivity index (χ0v) is 14.5. The first kappa shape index (κ1) is 15.5. The van der Waals surface area contributed by atoms with Crippen molar-refractivity contribution in [3.63, 3.8) is 0 Å². The Hall–Kier alpha value is -0.980. The highest BCUT2D eigenvalue weighted by Gasteiger charge is 2.42. The molecule has 23 heavy (non-hydrogen) atoms. The average Bonchev–Trinajstić information content (AvgIpc) is 3.13. The maximum Gasteiger partial charge on any atom is 0.249 e. The summed E-state index contributed by atoms with van der Waals surface area (Å²) < 4.78 is 6.08. The van der Waals surface area contributed by atoms with Crippen LogP contribution in [0, 0.1) is 18.8 Å². The monoisotopic (exact) mass is 335 g/mol. The predicted octanol–water partition coefficient (Wildman–Crippen LogP) is 1.96. The molecule has 1 saturated carbocycles. The molecule has 4 rings (SSSR count). The number of carbonyl (C=O) groups is 1. The SMILES string of the molecule is Cc1nc(CN2CC[C@@H]3C[C@H](C(=O)NCC4CC4)O[C@H]3C2)cs1. The number of thiazole rings is 1. The standard InChI is InChI=1S/C17H25N3O2S/c1-11-19-14(10-23-11)8-20-5-4-13-6-15(22-16(13)9-20)17(21)18-7-12-2-3-12/h10,12-13,15-16H,2-9H2,1H3,(H,18,21)/t13-,15-,16+/m1/s1. The molecule has 126 valence electrons. The number of piperidine rings is 1. The Balaban J connectivity index is 1.28. The Kier molecular flexibility index (Phi) is 4.39. The summed E-state index contributed by atoms with van der Waals surface area (Å²) in [7, 11) is 0. The van der Waals surface area contributed by atoms with Crippen LogP contribution < -0.4 is 5.32 Å². The summed E-state index contributed by atoms with van der Waals surface area (Å²) in [5, 5.41) is 6.33. The summed E-state index contributed by atoms with van der Waals surface area (Å²) in [5.74, 6) is 1.37. The first-order valence-electron chi connectivity index (χ1n) is 8.74.